The van der Waals surface area contributed by atoms with Gasteiger partial charge < -0.3 is 24.3 Å². The van der Waals surface area contributed by atoms with E-state index in [0.717, 1.165) is 43.7 Å². The minimum Gasteiger partial charge on any atom is -0.454 e. The van der Waals surface area contributed by atoms with Gasteiger partial charge in [-0.2, -0.15) is 0 Å². The van der Waals surface area contributed by atoms with Gasteiger partial charge in [-0.3, -0.25) is 0 Å². The largest absolute Gasteiger partial charge is 0.454 e. The summed E-state index contributed by atoms with van der Waals surface area (Å²) in [5, 5.41) is 3.01. The van der Waals surface area contributed by atoms with Crippen molar-refractivity contribution < 1.29 is 14.3 Å². The van der Waals surface area contributed by atoms with Crippen LogP contribution in [-0.4, -0.2) is 39.9 Å². The van der Waals surface area contributed by atoms with Gasteiger partial charge >= 0.3 is 6.03 Å². The van der Waals surface area contributed by atoms with Crippen LogP contribution in [0.3, 0.4) is 0 Å². The van der Waals surface area contributed by atoms with Crippen LogP contribution in [0.5, 0.6) is 11.5 Å². The zero-order chi connectivity index (χ0) is 17.9. The number of benzene rings is 1. The molecule has 1 aromatic heterocycles. The SMILES string of the molecule is Cn1ccnc1CC[C@H]1CCCCN1C(=O)Nc1ccc2c(c1)OCO2. The van der Waals surface area contributed by atoms with Crippen LogP contribution >= 0.6 is 0 Å². The standard InChI is InChI=1S/C19H24N4O3/c1-22-11-9-20-18(22)8-6-15-4-2-3-10-23(15)19(24)21-14-5-7-16-17(12-14)26-13-25-16/h5,7,9,11-12,15H,2-4,6,8,10,13H2,1H3,(H,21,24)/t15-/m1/s1. The Morgan fingerprint density at radius 3 is 3.04 bits per heavy atom. The summed E-state index contributed by atoms with van der Waals surface area (Å²) in [6, 6.07) is 5.68. The molecule has 1 atom stereocenters. The molecule has 2 aliphatic heterocycles. The van der Waals surface area contributed by atoms with Gasteiger partial charge in [-0.15, -0.1) is 0 Å². The zero-order valence-electron chi connectivity index (χ0n) is 15.0. The smallest absolute Gasteiger partial charge is 0.322 e. The molecular formula is C19H24N4O3. The lowest BCUT2D eigenvalue weighted by Crippen LogP contribution is -2.46. The highest BCUT2D eigenvalue weighted by Gasteiger charge is 2.27. The molecule has 0 bridgehead atoms. The third-order valence-electron chi connectivity index (χ3n) is 5.13. The summed E-state index contributed by atoms with van der Waals surface area (Å²) in [5.74, 6) is 2.45. The molecule has 0 radical (unpaired) electrons. The fourth-order valence-corrected chi connectivity index (χ4v) is 3.67. The number of nitrogens with one attached hydrogen (secondary N) is 1. The highest BCUT2D eigenvalue weighted by molar-refractivity contribution is 5.90. The molecule has 0 spiro atoms. The van der Waals surface area contributed by atoms with Crippen molar-refractivity contribution in [3.63, 3.8) is 0 Å². The number of rotatable bonds is 4. The molecule has 2 amide bonds. The molecule has 1 saturated heterocycles. The number of aryl methyl sites for hydroxylation is 2. The topological polar surface area (TPSA) is 68.6 Å². The van der Waals surface area contributed by atoms with Crippen molar-refractivity contribution >= 4 is 11.7 Å². The average molecular weight is 356 g/mol. The lowest BCUT2D eigenvalue weighted by Gasteiger charge is -2.35. The summed E-state index contributed by atoms with van der Waals surface area (Å²) in [7, 11) is 2.01. The predicted molar refractivity (Wildman–Crippen MR) is 97.5 cm³/mol. The van der Waals surface area contributed by atoms with E-state index in [1.54, 1.807) is 0 Å². The van der Waals surface area contributed by atoms with E-state index >= 15 is 0 Å². The maximum atomic E-state index is 12.8. The summed E-state index contributed by atoms with van der Waals surface area (Å²) in [6.45, 7) is 1.02. The van der Waals surface area contributed by atoms with Crippen molar-refractivity contribution in [2.75, 3.05) is 18.7 Å². The third kappa shape index (κ3) is 3.47. The summed E-state index contributed by atoms with van der Waals surface area (Å²) in [6.07, 6.45) is 8.84. The van der Waals surface area contributed by atoms with Gasteiger partial charge in [0.25, 0.3) is 0 Å². The number of aromatic nitrogens is 2. The summed E-state index contributed by atoms with van der Waals surface area (Å²) in [5.41, 5.74) is 0.729. The molecule has 1 fully saturated rings. The van der Waals surface area contributed by atoms with Crippen molar-refractivity contribution in [1.82, 2.24) is 14.5 Å². The molecule has 26 heavy (non-hydrogen) atoms. The van der Waals surface area contributed by atoms with E-state index < -0.39 is 0 Å². The number of anilines is 1. The second kappa shape index (κ2) is 7.27. The minimum atomic E-state index is -0.0478. The first-order chi connectivity index (χ1) is 12.7. The van der Waals surface area contributed by atoms with Crippen LogP contribution in [0.2, 0.25) is 0 Å². The van der Waals surface area contributed by atoms with Crippen LogP contribution in [-0.2, 0) is 13.5 Å². The van der Waals surface area contributed by atoms with Gasteiger partial charge in [-0.25, -0.2) is 9.78 Å². The molecule has 4 rings (SSSR count). The summed E-state index contributed by atoms with van der Waals surface area (Å²) in [4.78, 5) is 19.2. The third-order valence-corrected chi connectivity index (χ3v) is 5.13. The Kier molecular flexibility index (Phi) is 4.69. The second-order valence-electron chi connectivity index (χ2n) is 6.83. The molecule has 0 unspecified atom stereocenters. The van der Waals surface area contributed by atoms with Crippen LogP contribution in [0.25, 0.3) is 0 Å². The molecular weight excluding hydrogens is 332 g/mol. The number of hydrogen-bond acceptors (Lipinski definition) is 4. The van der Waals surface area contributed by atoms with E-state index in [9.17, 15) is 4.79 Å². The Morgan fingerprint density at radius 1 is 1.31 bits per heavy atom. The van der Waals surface area contributed by atoms with Crippen LogP contribution in [0, 0.1) is 0 Å². The predicted octanol–water partition coefficient (Wildman–Crippen LogP) is 3.17. The highest BCUT2D eigenvalue weighted by atomic mass is 16.7. The second-order valence-corrected chi connectivity index (χ2v) is 6.83. The molecule has 0 saturated carbocycles. The van der Waals surface area contributed by atoms with Crippen LogP contribution in [0.1, 0.15) is 31.5 Å². The van der Waals surface area contributed by atoms with Crippen molar-refractivity contribution in [1.29, 1.82) is 0 Å². The van der Waals surface area contributed by atoms with Gasteiger partial charge in [0.1, 0.15) is 5.82 Å². The maximum absolute atomic E-state index is 12.8. The van der Waals surface area contributed by atoms with Crippen LogP contribution in [0.15, 0.2) is 30.6 Å². The molecule has 2 aromatic rings. The first kappa shape index (κ1) is 16.8. The molecule has 1 aromatic carbocycles. The van der Waals surface area contributed by atoms with E-state index in [2.05, 4.69) is 10.3 Å². The first-order valence-electron chi connectivity index (χ1n) is 9.14. The molecule has 7 nitrogen and oxygen atoms in total. The molecule has 7 heteroatoms. The number of urea groups is 1. The Labute approximate surface area is 152 Å². The Hall–Kier alpha value is -2.70. The number of ether oxygens (including phenoxy) is 2. The highest BCUT2D eigenvalue weighted by Crippen LogP contribution is 2.34. The molecule has 2 aliphatic rings. The van der Waals surface area contributed by atoms with Gasteiger partial charge in [0.2, 0.25) is 6.79 Å². The van der Waals surface area contributed by atoms with E-state index in [4.69, 9.17) is 9.47 Å². The molecule has 1 N–H and O–H groups in total. The zero-order valence-corrected chi connectivity index (χ0v) is 15.0. The average Bonchev–Trinajstić information content (AvgIpc) is 3.28. The number of imidazole rings is 1. The number of piperidine rings is 1. The van der Waals surface area contributed by atoms with E-state index in [1.165, 1.54) is 6.42 Å². The fraction of sp³-hybridized carbons (Fsp3) is 0.474. The molecule has 138 valence electrons. The van der Waals surface area contributed by atoms with Gasteiger partial charge in [-0.05, 0) is 37.8 Å². The number of fused-ring (bicyclic) bond motifs is 1. The summed E-state index contributed by atoms with van der Waals surface area (Å²) < 4.78 is 12.7. The van der Waals surface area contributed by atoms with E-state index in [1.807, 2.05) is 47.1 Å². The lowest BCUT2D eigenvalue weighted by molar-refractivity contribution is 0.157. The van der Waals surface area contributed by atoms with E-state index in [0.29, 0.717) is 11.5 Å². The Morgan fingerprint density at radius 2 is 2.19 bits per heavy atom. The Balaban J connectivity index is 1.40. The van der Waals surface area contributed by atoms with Crippen molar-refractivity contribution in [3.8, 4) is 11.5 Å². The number of likely N-dealkylation sites (tertiary alicyclic amines) is 1. The normalized spacial score (nSPS) is 18.8. The number of nitrogens with zero attached hydrogens (tertiary/aromatic N) is 3. The number of hydrogen-bond donors (Lipinski definition) is 1. The van der Waals surface area contributed by atoms with Gasteiger partial charge in [0, 0.05) is 50.2 Å². The lowest BCUT2D eigenvalue weighted by atomic mass is 9.98. The molecule has 0 aliphatic carbocycles. The fourth-order valence-electron chi connectivity index (χ4n) is 3.67. The van der Waals surface area contributed by atoms with Crippen molar-refractivity contribution in [2.45, 2.75) is 38.1 Å². The van der Waals surface area contributed by atoms with Crippen LogP contribution in [0.4, 0.5) is 10.5 Å². The quantitative estimate of drug-likeness (QED) is 0.914. The minimum absolute atomic E-state index is 0.0478. The first-order valence-corrected chi connectivity index (χ1v) is 9.14. The number of carbonyl (C=O) groups excluding carboxylic acids is 1. The number of carbonyl (C=O) groups is 1. The maximum Gasteiger partial charge on any atom is 0.322 e. The van der Waals surface area contributed by atoms with Gasteiger partial charge in [0.05, 0.1) is 0 Å². The summed E-state index contributed by atoms with van der Waals surface area (Å²) >= 11 is 0. The monoisotopic (exact) mass is 356 g/mol. The Bertz CT molecular complexity index is 789. The number of amides is 2. The van der Waals surface area contributed by atoms with Crippen molar-refractivity contribution in [3.05, 3.63) is 36.4 Å². The van der Waals surface area contributed by atoms with Crippen molar-refractivity contribution in [2.24, 2.45) is 7.05 Å². The van der Waals surface area contributed by atoms with E-state index in [-0.39, 0.29) is 18.9 Å². The van der Waals surface area contributed by atoms with Gasteiger partial charge in [-0.1, -0.05) is 0 Å². The molecule has 3 heterocycles. The van der Waals surface area contributed by atoms with Crippen LogP contribution < -0.4 is 14.8 Å². The van der Waals surface area contributed by atoms with Gasteiger partial charge in [0.15, 0.2) is 11.5 Å².